The Morgan fingerprint density at radius 2 is 2.21 bits per heavy atom. The number of rotatable bonds is 6. The quantitative estimate of drug-likeness (QED) is 0.484. The molecule has 1 atom stereocenters. The van der Waals surface area contributed by atoms with E-state index in [0.717, 1.165) is 37.7 Å². The summed E-state index contributed by atoms with van der Waals surface area (Å²) in [5.74, 6) is 4.65. The lowest BCUT2D eigenvalue weighted by Gasteiger charge is -2.35. The number of hydrogen-bond donors (Lipinski definition) is 1. The molecule has 0 spiro atoms. The van der Waals surface area contributed by atoms with E-state index >= 15 is 0 Å². The average molecular weight is 348 g/mol. The van der Waals surface area contributed by atoms with Crippen molar-refractivity contribution in [1.29, 1.82) is 0 Å². The molecule has 1 N–H and O–H groups in total. The topological polar surface area (TPSA) is 50.8 Å². The zero-order chi connectivity index (χ0) is 16.8. The first kappa shape index (κ1) is 17.2. The van der Waals surface area contributed by atoms with Gasteiger partial charge in [0, 0.05) is 31.1 Å². The monoisotopic (exact) mass is 348 g/mol. The second-order valence-electron chi connectivity index (χ2n) is 5.95. The fourth-order valence-electron chi connectivity index (χ4n) is 2.85. The van der Waals surface area contributed by atoms with E-state index in [1.54, 1.807) is 0 Å². The molecular weight excluding hydrogens is 324 g/mol. The summed E-state index contributed by atoms with van der Waals surface area (Å²) in [4.78, 5) is 14.7. The van der Waals surface area contributed by atoms with Crippen LogP contribution in [0.2, 0.25) is 0 Å². The second kappa shape index (κ2) is 8.47. The van der Waals surface area contributed by atoms with E-state index < -0.39 is 0 Å². The molecule has 0 bridgehead atoms. The lowest BCUT2D eigenvalue weighted by Crippen LogP contribution is -2.47. The summed E-state index contributed by atoms with van der Waals surface area (Å²) < 4.78 is 11.9. The lowest BCUT2D eigenvalue weighted by atomic mass is 10.2. The van der Waals surface area contributed by atoms with Crippen LogP contribution in [0.3, 0.4) is 0 Å². The zero-order valence-corrected chi connectivity index (χ0v) is 14.9. The van der Waals surface area contributed by atoms with Gasteiger partial charge in [0.1, 0.15) is 18.2 Å². The molecule has 6 heteroatoms. The predicted octanol–water partition coefficient (Wildman–Crippen LogP) is 2.34. The van der Waals surface area contributed by atoms with Crippen LogP contribution in [0, 0.1) is 0 Å². The maximum atomic E-state index is 11.5. The normalized spacial score (nSPS) is 19.7. The first-order valence-electron chi connectivity index (χ1n) is 8.58. The van der Waals surface area contributed by atoms with Gasteiger partial charge in [-0.15, -0.1) is 11.8 Å². The number of nitrogens with one attached hydrogen (secondary N) is 1. The minimum Gasteiger partial charge on any atom is -0.485 e. The van der Waals surface area contributed by atoms with Gasteiger partial charge in [0.25, 0.3) is 0 Å². The molecule has 0 amide bonds. The van der Waals surface area contributed by atoms with Crippen LogP contribution < -0.4 is 14.8 Å². The van der Waals surface area contributed by atoms with Gasteiger partial charge in [0.15, 0.2) is 17.6 Å². The van der Waals surface area contributed by atoms with E-state index in [0.29, 0.717) is 18.1 Å². The molecule has 1 fully saturated rings. The van der Waals surface area contributed by atoms with Gasteiger partial charge in [-0.3, -0.25) is 0 Å². The number of fused-ring (bicyclic) bond motifs is 1. The van der Waals surface area contributed by atoms with Crippen molar-refractivity contribution >= 4 is 17.7 Å². The lowest BCUT2D eigenvalue weighted by molar-refractivity contribution is 0.0896. The van der Waals surface area contributed by atoms with Crippen molar-refractivity contribution in [2.75, 3.05) is 38.5 Å². The molecule has 2 aliphatic rings. The Bertz CT molecular complexity index is 610. The van der Waals surface area contributed by atoms with Gasteiger partial charge in [0.2, 0.25) is 0 Å². The number of nitrogens with zero attached hydrogens (tertiary/aromatic N) is 1. The molecule has 0 radical (unpaired) electrons. The molecule has 1 aromatic carbocycles. The summed E-state index contributed by atoms with van der Waals surface area (Å²) in [6.07, 6.45) is 2.03. The largest absolute Gasteiger partial charge is 0.485 e. The fourth-order valence-corrected chi connectivity index (χ4v) is 3.87. The molecular formula is C18H24N2O3S. The Labute approximate surface area is 147 Å². The van der Waals surface area contributed by atoms with Crippen LogP contribution in [0.25, 0.3) is 0 Å². The van der Waals surface area contributed by atoms with Gasteiger partial charge >= 0.3 is 0 Å². The van der Waals surface area contributed by atoms with Crippen LogP contribution in [-0.4, -0.2) is 55.5 Å². The molecule has 5 nitrogen and oxygen atoms in total. The highest BCUT2D eigenvalue weighted by Gasteiger charge is 2.29. The third-order valence-corrected chi connectivity index (χ3v) is 5.29. The Balaban J connectivity index is 1.66. The van der Waals surface area contributed by atoms with Crippen LogP contribution in [0.15, 0.2) is 28.8 Å². The van der Waals surface area contributed by atoms with Gasteiger partial charge in [-0.1, -0.05) is 13.3 Å². The number of benzene rings is 1. The number of carbonyl (C=O) groups excluding carboxylic acids is 1. The van der Waals surface area contributed by atoms with Crippen molar-refractivity contribution in [3.8, 4) is 11.5 Å². The molecule has 1 saturated heterocycles. The number of thioether (sulfide) groups is 1. The highest BCUT2D eigenvalue weighted by Crippen LogP contribution is 2.36. The number of piperazine rings is 1. The molecule has 3 rings (SSSR count). The molecule has 2 heterocycles. The maximum Gasteiger partial charge on any atom is 0.183 e. The van der Waals surface area contributed by atoms with Gasteiger partial charge < -0.3 is 19.7 Å². The summed E-state index contributed by atoms with van der Waals surface area (Å²) in [6, 6.07) is 6.02. The molecule has 0 aliphatic carbocycles. The smallest absolute Gasteiger partial charge is 0.183 e. The third kappa shape index (κ3) is 4.07. The van der Waals surface area contributed by atoms with Gasteiger partial charge in [0.05, 0.1) is 0 Å². The summed E-state index contributed by atoms with van der Waals surface area (Å²) >= 11 is 1.83. The molecule has 24 heavy (non-hydrogen) atoms. The van der Waals surface area contributed by atoms with Crippen LogP contribution in [0.5, 0.6) is 11.5 Å². The first-order chi connectivity index (χ1) is 11.8. The van der Waals surface area contributed by atoms with E-state index in [2.05, 4.69) is 24.2 Å². The van der Waals surface area contributed by atoms with Crippen molar-refractivity contribution in [3.63, 3.8) is 0 Å². The van der Waals surface area contributed by atoms with Crippen molar-refractivity contribution < 1.29 is 14.3 Å². The van der Waals surface area contributed by atoms with Crippen LogP contribution in [0.4, 0.5) is 0 Å². The average Bonchev–Trinajstić information content (AvgIpc) is 2.63. The third-order valence-electron chi connectivity index (χ3n) is 4.21. The van der Waals surface area contributed by atoms with E-state index in [-0.39, 0.29) is 6.10 Å². The van der Waals surface area contributed by atoms with Crippen molar-refractivity contribution in [3.05, 3.63) is 23.9 Å². The summed E-state index contributed by atoms with van der Waals surface area (Å²) in [7, 11) is 0. The van der Waals surface area contributed by atoms with Gasteiger partial charge in [-0.05, 0) is 30.4 Å². The maximum absolute atomic E-state index is 11.5. The minimum absolute atomic E-state index is 0.352. The summed E-state index contributed by atoms with van der Waals surface area (Å²) in [5.41, 5.74) is 0.559. The van der Waals surface area contributed by atoms with E-state index in [1.807, 2.05) is 28.8 Å². The van der Waals surface area contributed by atoms with E-state index in [9.17, 15) is 4.79 Å². The SMILES string of the molecule is CCCCSc1ccc2c(c1)OCC(C(=C=O)N1CCNCC1)O2. The van der Waals surface area contributed by atoms with Gasteiger partial charge in [-0.2, -0.15) is 0 Å². The highest BCUT2D eigenvalue weighted by atomic mass is 32.2. The zero-order valence-electron chi connectivity index (χ0n) is 14.0. The molecule has 130 valence electrons. The van der Waals surface area contributed by atoms with Crippen molar-refractivity contribution in [2.24, 2.45) is 0 Å². The molecule has 1 unspecified atom stereocenters. The molecule has 1 aromatic rings. The van der Waals surface area contributed by atoms with Crippen LogP contribution in [0.1, 0.15) is 19.8 Å². The van der Waals surface area contributed by atoms with E-state index in [4.69, 9.17) is 9.47 Å². The van der Waals surface area contributed by atoms with Crippen molar-refractivity contribution in [2.45, 2.75) is 30.8 Å². The number of hydrogen-bond acceptors (Lipinski definition) is 6. The molecule has 0 aromatic heterocycles. The highest BCUT2D eigenvalue weighted by molar-refractivity contribution is 7.99. The molecule has 0 saturated carbocycles. The molecule has 2 aliphatic heterocycles. The summed E-state index contributed by atoms with van der Waals surface area (Å²) in [5, 5.41) is 3.28. The Morgan fingerprint density at radius 3 is 2.96 bits per heavy atom. The van der Waals surface area contributed by atoms with Crippen molar-refractivity contribution in [1.82, 2.24) is 10.2 Å². The predicted molar refractivity (Wildman–Crippen MR) is 95.6 cm³/mol. The standard InChI is InChI=1S/C18H24N2O3S/c1-2-3-10-24-14-4-5-16-17(11-14)22-13-18(23-16)15(12-21)20-8-6-19-7-9-20/h4-5,11,18-19H,2-3,6-10,13H2,1H3. The Morgan fingerprint density at radius 1 is 1.38 bits per heavy atom. The number of unbranched alkanes of at least 4 members (excludes halogenated alkanes) is 1. The first-order valence-corrected chi connectivity index (χ1v) is 9.57. The second-order valence-corrected chi connectivity index (χ2v) is 7.12. The number of ether oxygens (including phenoxy) is 2. The van der Waals surface area contributed by atoms with Crippen LogP contribution >= 0.6 is 11.8 Å². The van der Waals surface area contributed by atoms with Crippen LogP contribution in [-0.2, 0) is 4.79 Å². The Kier molecular flexibility index (Phi) is 6.07. The summed E-state index contributed by atoms with van der Waals surface area (Å²) in [6.45, 7) is 5.88. The van der Waals surface area contributed by atoms with Gasteiger partial charge in [-0.25, -0.2) is 4.79 Å². The van der Waals surface area contributed by atoms with E-state index in [1.165, 1.54) is 17.7 Å². The Hall–Kier alpha value is -1.62. The minimum atomic E-state index is -0.383. The fraction of sp³-hybridized carbons (Fsp3) is 0.556.